The van der Waals surface area contributed by atoms with Crippen LogP contribution in [0, 0.1) is 17.1 Å². The zero-order valence-corrected chi connectivity index (χ0v) is 21.8. The highest BCUT2D eigenvalue weighted by Crippen LogP contribution is 2.27. The zero-order valence-electron chi connectivity index (χ0n) is 21.8. The molecule has 37 heavy (non-hydrogen) atoms. The molecule has 1 aliphatic carbocycles. The number of hydrogen-bond acceptors (Lipinski definition) is 6. The number of nitrogens with zero attached hydrogens (tertiary/aromatic N) is 1. The van der Waals surface area contributed by atoms with Crippen molar-refractivity contribution >= 4 is 23.7 Å². The fourth-order valence-electron chi connectivity index (χ4n) is 5.10. The summed E-state index contributed by atoms with van der Waals surface area (Å²) in [5.74, 6) is -1.42. The van der Waals surface area contributed by atoms with Gasteiger partial charge in [0.05, 0.1) is 13.2 Å². The molecular formula is C26H38FN5O5. The van der Waals surface area contributed by atoms with Crippen LogP contribution in [0.2, 0.25) is 0 Å². The number of guanidine groups is 1. The molecule has 1 aliphatic heterocycles. The largest absolute Gasteiger partial charge is 0.494 e. The first-order valence-electron chi connectivity index (χ1n) is 12.8. The standard InChI is InChI=1S/C26H38FN5O5/c1-16(33)32-15-19(36-2)13-22(32)25(35)31-26(28)30-21(11-17-7-5-4-6-8-17)24(34)29-14-18-9-10-20(27)23(12-18)37-3/h9-10,12,17,19,21-22H,4-8,11,13-15H2,1-3H3,(H,29,34)(H3,28,30,31,35)/t19-,21-,22+/m1/s1. The normalized spacial score (nSPS) is 20.7. The van der Waals surface area contributed by atoms with Crippen molar-refractivity contribution in [2.45, 2.75) is 76.6 Å². The fourth-order valence-corrected chi connectivity index (χ4v) is 5.10. The summed E-state index contributed by atoms with van der Waals surface area (Å²) in [6.07, 6.45) is 6.00. The van der Waals surface area contributed by atoms with Gasteiger partial charge in [-0.05, 0) is 30.0 Å². The molecule has 3 rings (SSSR count). The average Bonchev–Trinajstić information content (AvgIpc) is 3.33. The van der Waals surface area contributed by atoms with Gasteiger partial charge in [-0.15, -0.1) is 0 Å². The van der Waals surface area contributed by atoms with Gasteiger partial charge in [0.25, 0.3) is 0 Å². The van der Waals surface area contributed by atoms with Gasteiger partial charge in [0.1, 0.15) is 12.1 Å². The Bertz CT molecular complexity index is 984. The summed E-state index contributed by atoms with van der Waals surface area (Å²) in [6, 6.07) is 2.89. The summed E-state index contributed by atoms with van der Waals surface area (Å²) in [4.78, 5) is 39.5. The minimum absolute atomic E-state index is 0.0929. The molecule has 2 aliphatic rings. The van der Waals surface area contributed by atoms with Crippen LogP contribution >= 0.6 is 0 Å². The number of nitrogens with one attached hydrogen (secondary N) is 4. The minimum atomic E-state index is -0.747. The first kappa shape index (κ1) is 28.4. The van der Waals surface area contributed by atoms with Gasteiger partial charge in [0.2, 0.25) is 17.7 Å². The first-order valence-corrected chi connectivity index (χ1v) is 12.8. The van der Waals surface area contributed by atoms with Crippen LogP contribution in [-0.2, 0) is 25.7 Å². The van der Waals surface area contributed by atoms with E-state index in [1.54, 1.807) is 6.07 Å². The highest BCUT2D eigenvalue weighted by molar-refractivity contribution is 6.01. The molecule has 0 bridgehead atoms. The molecule has 0 radical (unpaired) electrons. The SMILES string of the molecule is COc1cc(CNC(=O)[C@@H](CC2CCCCC2)NC(=N)NC(=O)[C@@H]2C[C@@H](OC)CN2C(C)=O)ccc1F. The monoisotopic (exact) mass is 519 g/mol. The number of likely N-dealkylation sites (tertiary alicyclic amines) is 1. The maximum Gasteiger partial charge on any atom is 0.249 e. The number of ether oxygens (including phenoxy) is 2. The molecule has 1 saturated carbocycles. The molecule has 204 valence electrons. The number of halogens is 1. The molecule has 1 saturated heterocycles. The van der Waals surface area contributed by atoms with Gasteiger partial charge in [-0.2, -0.15) is 0 Å². The number of hydrogen-bond donors (Lipinski definition) is 4. The third kappa shape index (κ3) is 7.88. The summed E-state index contributed by atoms with van der Waals surface area (Å²) in [7, 11) is 2.91. The van der Waals surface area contributed by atoms with E-state index < -0.39 is 23.8 Å². The minimum Gasteiger partial charge on any atom is -0.494 e. The van der Waals surface area contributed by atoms with Crippen molar-refractivity contribution in [3.05, 3.63) is 29.6 Å². The molecular weight excluding hydrogens is 481 g/mol. The van der Waals surface area contributed by atoms with Crippen LogP contribution in [-0.4, -0.2) is 67.5 Å². The summed E-state index contributed by atoms with van der Waals surface area (Å²) in [5.41, 5.74) is 0.671. The van der Waals surface area contributed by atoms with E-state index in [0.29, 0.717) is 30.9 Å². The third-order valence-electron chi connectivity index (χ3n) is 7.16. The molecule has 10 nitrogen and oxygen atoms in total. The van der Waals surface area contributed by atoms with Crippen LogP contribution in [0.4, 0.5) is 4.39 Å². The number of amides is 3. The van der Waals surface area contributed by atoms with Gasteiger partial charge in [0, 0.05) is 33.5 Å². The van der Waals surface area contributed by atoms with E-state index in [-0.39, 0.29) is 36.2 Å². The Morgan fingerprint density at radius 1 is 1.19 bits per heavy atom. The maximum atomic E-state index is 13.7. The third-order valence-corrected chi connectivity index (χ3v) is 7.16. The second-order valence-corrected chi connectivity index (χ2v) is 9.77. The highest BCUT2D eigenvalue weighted by Gasteiger charge is 2.39. The Kier molecular flexibility index (Phi) is 10.2. The van der Waals surface area contributed by atoms with Crippen molar-refractivity contribution in [3.8, 4) is 5.75 Å². The van der Waals surface area contributed by atoms with Crippen molar-refractivity contribution in [2.24, 2.45) is 5.92 Å². The molecule has 2 fully saturated rings. The number of methoxy groups -OCH3 is 2. The zero-order chi connectivity index (χ0) is 26.9. The first-order chi connectivity index (χ1) is 17.7. The second kappa shape index (κ2) is 13.4. The lowest BCUT2D eigenvalue weighted by molar-refractivity contribution is -0.136. The van der Waals surface area contributed by atoms with Crippen LogP contribution < -0.4 is 20.7 Å². The molecule has 3 atom stereocenters. The van der Waals surface area contributed by atoms with Crippen LogP contribution in [0.5, 0.6) is 5.75 Å². The van der Waals surface area contributed by atoms with Crippen LogP contribution in [0.3, 0.4) is 0 Å². The van der Waals surface area contributed by atoms with Crippen LogP contribution in [0.25, 0.3) is 0 Å². The van der Waals surface area contributed by atoms with Crippen LogP contribution in [0.1, 0.15) is 57.4 Å². The molecule has 1 aromatic rings. The van der Waals surface area contributed by atoms with E-state index in [9.17, 15) is 18.8 Å². The van der Waals surface area contributed by atoms with E-state index in [4.69, 9.17) is 14.9 Å². The molecule has 0 spiro atoms. The van der Waals surface area contributed by atoms with Gasteiger partial charge in [-0.25, -0.2) is 4.39 Å². The average molecular weight is 520 g/mol. The van der Waals surface area contributed by atoms with Crippen molar-refractivity contribution in [1.82, 2.24) is 20.9 Å². The van der Waals surface area contributed by atoms with E-state index in [0.717, 1.165) is 25.7 Å². The molecule has 3 amide bonds. The molecule has 0 aromatic heterocycles. The van der Waals surface area contributed by atoms with E-state index in [2.05, 4.69) is 16.0 Å². The predicted molar refractivity (Wildman–Crippen MR) is 135 cm³/mol. The quantitative estimate of drug-likeness (QED) is 0.292. The highest BCUT2D eigenvalue weighted by atomic mass is 19.1. The summed E-state index contributed by atoms with van der Waals surface area (Å²) < 4.78 is 24.0. The van der Waals surface area contributed by atoms with Gasteiger partial charge in [-0.1, -0.05) is 38.2 Å². The van der Waals surface area contributed by atoms with Gasteiger partial charge < -0.3 is 25.0 Å². The van der Waals surface area contributed by atoms with Crippen LogP contribution in [0.15, 0.2) is 18.2 Å². The van der Waals surface area contributed by atoms with Gasteiger partial charge in [-0.3, -0.25) is 25.1 Å². The lowest BCUT2D eigenvalue weighted by atomic mass is 9.84. The van der Waals surface area contributed by atoms with Gasteiger partial charge in [0.15, 0.2) is 17.5 Å². The second-order valence-electron chi connectivity index (χ2n) is 9.77. The Morgan fingerprint density at radius 2 is 1.92 bits per heavy atom. The van der Waals surface area contributed by atoms with Crippen molar-refractivity contribution < 1.29 is 28.2 Å². The number of carbonyl (C=O) groups is 3. The Morgan fingerprint density at radius 3 is 2.57 bits per heavy atom. The Labute approximate surface area is 217 Å². The van der Waals surface area contributed by atoms with E-state index >= 15 is 0 Å². The number of benzene rings is 1. The van der Waals surface area contributed by atoms with Gasteiger partial charge >= 0.3 is 0 Å². The summed E-state index contributed by atoms with van der Waals surface area (Å²) >= 11 is 0. The number of rotatable bonds is 9. The molecule has 1 aromatic carbocycles. The van der Waals surface area contributed by atoms with Crippen molar-refractivity contribution in [1.29, 1.82) is 5.41 Å². The van der Waals surface area contributed by atoms with E-state index in [1.807, 2.05) is 0 Å². The summed E-state index contributed by atoms with van der Waals surface area (Å²) in [5, 5.41) is 16.6. The van der Waals surface area contributed by atoms with Crippen molar-refractivity contribution in [2.75, 3.05) is 20.8 Å². The predicted octanol–water partition coefficient (Wildman–Crippen LogP) is 2.07. The molecule has 1 heterocycles. The summed E-state index contributed by atoms with van der Waals surface area (Å²) in [6.45, 7) is 1.86. The van der Waals surface area contributed by atoms with Crippen molar-refractivity contribution in [3.63, 3.8) is 0 Å². The fraction of sp³-hybridized carbons (Fsp3) is 0.615. The molecule has 4 N–H and O–H groups in total. The topological polar surface area (TPSA) is 133 Å². The number of carbonyl (C=O) groups excluding carboxylic acids is 3. The van der Waals surface area contributed by atoms with E-state index in [1.165, 1.54) is 44.6 Å². The lowest BCUT2D eigenvalue weighted by Crippen LogP contribution is -2.55. The maximum absolute atomic E-state index is 13.7. The molecule has 11 heteroatoms. The Hall–Kier alpha value is -3.21. The lowest BCUT2D eigenvalue weighted by Gasteiger charge is -2.28. The Balaban J connectivity index is 1.63. The smallest absolute Gasteiger partial charge is 0.249 e. The molecule has 0 unspecified atom stereocenters.